The summed E-state index contributed by atoms with van der Waals surface area (Å²) in [5.74, 6) is 0. The van der Waals surface area contributed by atoms with Gasteiger partial charge in [0.05, 0.1) is 6.17 Å². The monoisotopic (exact) mass is 147 g/mol. The van der Waals surface area contributed by atoms with Crippen LogP contribution in [0, 0.1) is 0 Å². The summed E-state index contributed by atoms with van der Waals surface area (Å²) in [4.78, 5) is 0. The van der Waals surface area contributed by atoms with Crippen LogP contribution in [0.3, 0.4) is 0 Å². The Balaban J connectivity index is 2.34. The summed E-state index contributed by atoms with van der Waals surface area (Å²) >= 11 is 0. The van der Waals surface area contributed by atoms with Crippen LogP contribution >= 0.6 is 0 Å². The van der Waals surface area contributed by atoms with Crippen LogP contribution in [0.2, 0.25) is 0 Å². The van der Waals surface area contributed by atoms with E-state index in [0.717, 1.165) is 18.5 Å². The molecule has 11 heavy (non-hydrogen) atoms. The predicted octanol–water partition coefficient (Wildman–Crippen LogP) is 1.65. The summed E-state index contributed by atoms with van der Waals surface area (Å²) in [7, 11) is 0. The highest BCUT2D eigenvalue weighted by Crippen LogP contribution is 2.22. The van der Waals surface area contributed by atoms with E-state index in [1.54, 1.807) is 0 Å². The van der Waals surface area contributed by atoms with Gasteiger partial charge in [0.1, 0.15) is 0 Å². The van der Waals surface area contributed by atoms with E-state index < -0.39 is 0 Å². The third-order valence-electron chi connectivity index (χ3n) is 2.05. The quantitative estimate of drug-likeness (QED) is 0.595. The summed E-state index contributed by atoms with van der Waals surface area (Å²) in [6, 6.07) is 8.21. The molecule has 0 aromatic heterocycles. The zero-order valence-electron chi connectivity index (χ0n) is 6.30. The molecule has 1 radical (unpaired) electrons. The lowest BCUT2D eigenvalue weighted by Crippen LogP contribution is -2.25. The minimum atomic E-state index is -0.107. The number of rotatable bonds is 0. The molecule has 2 rings (SSSR count). The van der Waals surface area contributed by atoms with Gasteiger partial charge in [0.2, 0.25) is 0 Å². The van der Waals surface area contributed by atoms with Crippen molar-refractivity contribution in [3.8, 4) is 0 Å². The normalized spacial score (nSPS) is 22.1. The molecular formula is C9H11N2. The van der Waals surface area contributed by atoms with Crippen LogP contribution in [0.5, 0.6) is 0 Å². The fourth-order valence-electron chi connectivity index (χ4n) is 1.44. The lowest BCUT2D eigenvalue weighted by molar-refractivity contribution is 0.639. The van der Waals surface area contributed by atoms with Crippen molar-refractivity contribution in [2.45, 2.75) is 19.0 Å². The highest BCUT2D eigenvalue weighted by atomic mass is 15.0. The Morgan fingerprint density at radius 1 is 1.36 bits per heavy atom. The zero-order chi connectivity index (χ0) is 7.68. The number of benzene rings is 1. The second-order valence-electron chi connectivity index (χ2n) is 2.89. The van der Waals surface area contributed by atoms with Gasteiger partial charge in [-0.05, 0) is 24.5 Å². The molecular weight excluding hydrogens is 136 g/mol. The van der Waals surface area contributed by atoms with E-state index >= 15 is 0 Å². The van der Waals surface area contributed by atoms with Gasteiger partial charge in [0.25, 0.3) is 0 Å². The van der Waals surface area contributed by atoms with E-state index in [2.05, 4.69) is 11.4 Å². The third kappa shape index (κ3) is 1.21. The van der Waals surface area contributed by atoms with Crippen molar-refractivity contribution in [3.05, 3.63) is 29.8 Å². The Kier molecular flexibility index (Phi) is 1.55. The van der Waals surface area contributed by atoms with Crippen molar-refractivity contribution >= 4 is 5.69 Å². The van der Waals surface area contributed by atoms with E-state index in [9.17, 15) is 0 Å². The molecule has 1 aromatic rings. The molecule has 1 aromatic carbocycles. The van der Waals surface area contributed by atoms with Gasteiger partial charge in [-0.1, -0.05) is 18.2 Å². The maximum absolute atomic E-state index is 7.49. The Morgan fingerprint density at radius 3 is 3.09 bits per heavy atom. The van der Waals surface area contributed by atoms with E-state index in [1.165, 1.54) is 5.56 Å². The SMILES string of the molecule is [NH]C1CCc2ccccc2N1. The first-order valence-corrected chi connectivity index (χ1v) is 3.92. The van der Waals surface area contributed by atoms with E-state index in [1.807, 2.05) is 18.2 Å². The van der Waals surface area contributed by atoms with Crippen LogP contribution < -0.4 is 11.1 Å². The molecule has 1 aliphatic heterocycles. The number of nitrogens with one attached hydrogen (secondary N) is 2. The van der Waals surface area contributed by atoms with E-state index in [4.69, 9.17) is 5.73 Å². The first-order valence-electron chi connectivity index (χ1n) is 3.92. The van der Waals surface area contributed by atoms with Crippen molar-refractivity contribution in [1.82, 2.24) is 5.73 Å². The molecule has 1 aliphatic rings. The second-order valence-corrected chi connectivity index (χ2v) is 2.89. The van der Waals surface area contributed by atoms with Gasteiger partial charge in [-0.2, -0.15) is 0 Å². The molecule has 0 amide bonds. The topological polar surface area (TPSA) is 35.8 Å². The molecule has 0 spiro atoms. The van der Waals surface area contributed by atoms with Crippen molar-refractivity contribution in [3.63, 3.8) is 0 Å². The van der Waals surface area contributed by atoms with Gasteiger partial charge < -0.3 is 5.32 Å². The summed E-state index contributed by atoms with van der Waals surface area (Å²) in [6.45, 7) is 0. The lowest BCUT2D eigenvalue weighted by atomic mass is 10.0. The molecule has 2 N–H and O–H groups in total. The van der Waals surface area contributed by atoms with Gasteiger partial charge in [-0.3, -0.25) is 0 Å². The summed E-state index contributed by atoms with van der Waals surface area (Å²) < 4.78 is 0. The number of hydrogen-bond donors (Lipinski definition) is 1. The highest BCUT2D eigenvalue weighted by molar-refractivity contribution is 5.53. The van der Waals surface area contributed by atoms with Crippen LogP contribution in [0.25, 0.3) is 0 Å². The fourth-order valence-corrected chi connectivity index (χ4v) is 1.44. The number of aryl methyl sites for hydroxylation is 1. The maximum Gasteiger partial charge on any atom is 0.0900 e. The Hall–Kier alpha value is -1.02. The maximum atomic E-state index is 7.49. The standard InChI is InChI=1S/C9H11N2/c10-9-6-5-7-3-1-2-4-8(7)11-9/h1-4,9-11H,5-6H2. The molecule has 0 fully saturated rings. The van der Waals surface area contributed by atoms with Gasteiger partial charge in [-0.25, -0.2) is 5.73 Å². The first-order chi connectivity index (χ1) is 5.36. The Morgan fingerprint density at radius 2 is 2.18 bits per heavy atom. The van der Waals surface area contributed by atoms with Gasteiger partial charge in [-0.15, -0.1) is 0 Å². The molecule has 1 heterocycles. The van der Waals surface area contributed by atoms with Crippen molar-refractivity contribution < 1.29 is 0 Å². The average Bonchev–Trinajstić information content (AvgIpc) is 2.04. The average molecular weight is 147 g/mol. The van der Waals surface area contributed by atoms with Crippen molar-refractivity contribution in [1.29, 1.82) is 0 Å². The number of anilines is 1. The van der Waals surface area contributed by atoms with Gasteiger partial charge in [0, 0.05) is 5.69 Å². The van der Waals surface area contributed by atoms with Crippen molar-refractivity contribution in [2.75, 3.05) is 5.32 Å². The molecule has 0 bridgehead atoms. The van der Waals surface area contributed by atoms with Crippen LogP contribution in [-0.2, 0) is 6.42 Å². The Bertz CT molecular complexity index is 257. The molecule has 57 valence electrons. The van der Waals surface area contributed by atoms with Crippen LogP contribution in [0.4, 0.5) is 5.69 Å². The summed E-state index contributed by atoms with van der Waals surface area (Å²) in [5.41, 5.74) is 9.97. The van der Waals surface area contributed by atoms with E-state index in [-0.39, 0.29) is 6.17 Å². The molecule has 2 nitrogen and oxygen atoms in total. The summed E-state index contributed by atoms with van der Waals surface area (Å²) in [6.07, 6.45) is 1.86. The predicted molar refractivity (Wildman–Crippen MR) is 45.3 cm³/mol. The number of hydrogen-bond acceptors (Lipinski definition) is 1. The molecule has 0 saturated heterocycles. The molecule has 0 saturated carbocycles. The lowest BCUT2D eigenvalue weighted by Gasteiger charge is -2.22. The third-order valence-corrected chi connectivity index (χ3v) is 2.05. The fraction of sp³-hybridized carbons (Fsp3) is 0.333. The molecule has 0 aliphatic carbocycles. The van der Waals surface area contributed by atoms with Crippen LogP contribution in [-0.4, -0.2) is 6.17 Å². The second kappa shape index (κ2) is 2.55. The minimum absolute atomic E-state index is 0.107. The smallest absolute Gasteiger partial charge is 0.0900 e. The molecule has 1 atom stereocenters. The number of fused-ring (bicyclic) bond motifs is 1. The zero-order valence-corrected chi connectivity index (χ0v) is 6.30. The van der Waals surface area contributed by atoms with E-state index in [0.29, 0.717) is 0 Å². The van der Waals surface area contributed by atoms with Crippen LogP contribution in [0.15, 0.2) is 24.3 Å². The van der Waals surface area contributed by atoms with Gasteiger partial charge in [0.15, 0.2) is 0 Å². The molecule has 2 heteroatoms. The first kappa shape index (κ1) is 6.68. The largest absolute Gasteiger partial charge is 0.369 e. The Labute approximate surface area is 66.4 Å². The number of para-hydroxylation sites is 1. The molecule has 1 unspecified atom stereocenters. The van der Waals surface area contributed by atoms with Crippen molar-refractivity contribution in [2.24, 2.45) is 0 Å². The minimum Gasteiger partial charge on any atom is -0.369 e. The highest BCUT2D eigenvalue weighted by Gasteiger charge is 2.12. The summed E-state index contributed by atoms with van der Waals surface area (Å²) in [5, 5.41) is 3.13. The van der Waals surface area contributed by atoms with Gasteiger partial charge >= 0.3 is 0 Å². The van der Waals surface area contributed by atoms with Crippen LogP contribution in [0.1, 0.15) is 12.0 Å².